The van der Waals surface area contributed by atoms with Crippen LogP contribution in [0.25, 0.3) is 10.9 Å². The number of hydrazone groups is 1. The molecule has 2 saturated heterocycles. The van der Waals surface area contributed by atoms with Crippen LogP contribution in [0.1, 0.15) is 52.1 Å². The molecule has 4 aromatic rings. The Kier molecular flexibility index (Phi) is 8.42. The summed E-state index contributed by atoms with van der Waals surface area (Å²) in [5.74, 6) is -0.263. The molecule has 9 nitrogen and oxygen atoms in total. The van der Waals surface area contributed by atoms with Crippen LogP contribution < -0.4 is 5.01 Å². The minimum Gasteiger partial charge on any atom is -0.351 e. The summed E-state index contributed by atoms with van der Waals surface area (Å²) in [4.78, 5) is 49.9. The van der Waals surface area contributed by atoms with E-state index in [9.17, 15) is 14.4 Å². The zero-order valence-corrected chi connectivity index (χ0v) is 27.3. The van der Waals surface area contributed by atoms with E-state index in [1.165, 1.54) is 5.01 Å². The van der Waals surface area contributed by atoms with Gasteiger partial charge in [0.15, 0.2) is 0 Å². The molecule has 3 aliphatic heterocycles. The van der Waals surface area contributed by atoms with E-state index in [0.717, 1.165) is 48.0 Å². The Morgan fingerprint density at radius 3 is 2.21 bits per heavy atom. The van der Waals surface area contributed by atoms with Gasteiger partial charge in [-0.15, -0.1) is 0 Å². The molecule has 240 valence electrons. The molecule has 0 unspecified atom stereocenters. The first-order valence-corrected chi connectivity index (χ1v) is 16.5. The standard InChI is InChI=1S/C37H37ClN6O3/c1-41(2)29-16-20-42(21-17-29)35(45)26-8-11-30(12-9-26)44-37(47)33(34(40-44)25-6-4-3-5-7-25)24-14-18-43(19-15-24)36(46)32-23-27-22-28(38)10-13-31(27)39-32/h3-13,22-23,29,39H,14-21H2,1-2H3. The number of carbonyl (C=O) groups excluding carboxylic acids is 3. The lowest BCUT2D eigenvalue weighted by Crippen LogP contribution is -2.44. The van der Waals surface area contributed by atoms with Gasteiger partial charge in [0.25, 0.3) is 17.7 Å². The molecule has 0 atom stereocenters. The highest BCUT2D eigenvalue weighted by Gasteiger charge is 2.36. The van der Waals surface area contributed by atoms with Crippen LogP contribution in [-0.2, 0) is 4.79 Å². The van der Waals surface area contributed by atoms with Gasteiger partial charge in [-0.05, 0) is 88.3 Å². The average molecular weight is 649 g/mol. The quantitative estimate of drug-likeness (QED) is 0.270. The largest absolute Gasteiger partial charge is 0.351 e. The number of anilines is 1. The van der Waals surface area contributed by atoms with Crippen LogP contribution in [0.3, 0.4) is 0 Å². The molecule has 1 aromatic heterocycles. The van der Waals surface area contributed by atoms with E-state index in [1.807, 2.05) is 58.3 Å². The molecule has 3 amide bonds. The summed E-state index contributed by atoms with van der Waals surface area (Å²) in [5, 5.41) is 7.79. The average Bonchev–Trinajstić information content (AvgIpc) is 3.69. The number of aromatic nitrogens is 1. The zero-order chi connectivity index (χ0) is 32.7. The summed E-state index contributed by atoms with van der Waals surface area (Å²) in [5.41, 5.74) is 5.65. The van der Waals surface area contributed by atoms with Gasteiger partial charge in [-0.1, -0.05) is 47.5 Å². The van der Waals surface area contributed by atoms with Gasteiger partial charge in [-0.2, -0.15) is 10.1 Å². The molecule has 7 rings (SSSR count). The molecule has 0 aliphatic carbocycles. The smallest absolute Gasteiger partial charge is 0.280 e. The molecule has 0 bridgehead atoms. The Hall–Kier alpha value is -4.73. The number of hydrogen-bond acceptors (Lipinski definition) is 5. The molecule has 4 heterocycles. The van der Waals surface area contributed by atoms with Crippen molar-refractivity contribution in [3.05, 3.63) is 112 Å². The third kappa shape index (κ3) is 6.08. The number of piperidine rings is 2. The molecule has 3 aliphatic rings. The lowest BCUT2D eigenvalue weighted by atomic mass is 9.92. The Balaban J connectivity index is 1.10. The second-order valence-electron chi connectivity index (χ2n) is 12.7. The van der Waals surface area contributed by atoms with Gasteiger partial charge in [-0.3, -0.25) is 14.4 Å². The number of H-pyrrole nitrogens is 1. The van der Waals surface area contributed by atoms with Crippen LogP contribution in [0, 0.1) is 0 Å². The number of carbonyl (C=O) groups is 3. The minimum absolute atomic E-state index is 0.00957. The number of rotatable bonds is 5. The summed E-state index contributed by atoms with van der Waals surface area (Å²) < 4.78 is 0. The molecule has 0 saturated carbocycles. The second kappa shape index (κ2) is 12.8. The van der Waals surface area contributed by atoms with Gasteiger partial charge in [0.05, 0.1) is 11.3 Å². The van der Waals surface area contributed by atoms with Crippen molar-refractivity contribution in [3.63, 3.8) is 0 Å². The Morgan fingerprint density at radius 1 is 0.851 bits per heavy atom. The van der Waals surface area contributed by atoms with E-state index in [4.69, 9.17) is 16.7 Å². The number of nitrogens with zero attached hydrogens (tertiary/aromatic N) is 5. The van der Waals surface area contributed by atoms with E-state index < -0.39 is 0 Å². The van der Waals surface area contributed by atoms with Gasteiger partial charge in [-0.25, -0.2) is 0 Å². The molecule has 2 fully saturated rings. The van der Waals surface area contributed by atoms with E-state index in [0.29, 0.717) is 65.2 Å². The van der Waals surface area contributed by atoms with Gasteiger partial charge in [0.1, 0.15) is 11.4 Å². The summed E-state index contributed by atoms with van der Waals surface area (Å²) in [6, 6.07) is 24.7. The molecule has 0 radical (unpaired) electrons. The van der Waals surface area contributed by atoms with Crippen LogP contribution in [-0.4, -0.2) is 89.4 Å². The van der Waals surface area contributed by atoms with Crippen molar-refractivity contribution in [2.24, 2.45) is 5.10 Å². The van der Waals surface area contributed by atoms with Gasteiger partial charge >= 0.3 is 0 Å². The van der Waals surface area contributed by atoms with E-state index in [1.54, 1.807) is 30.3 Å². The van der Waals surface area contributed by atoms with Crippen molar-refractivity contribution in [2.45, 2.75) is 31.7 Å². The van der Waals surface area contributed by atoms with Crippen LogP contribution in [0.4, 0.5) is 5.69 Å². The molecule has 0 spiro atoms. The van der Waals surface area contributed by atoms with Crippen LogP contribution >= 0.6 is 11.6 Å². The fraction of sp³-hybridized carbons (Fsp3) is 0.297. The van der Waals surface area contributed by atoms with E-state index in [2.05, 4.69) is 24.0 Å². The van der Waals surface area contributed by atoms with Crippen molar-refractivity contribution in [2.75, 3.05) is 45.3 Å². The summed E-state index contributed by atoms with van der Waals surface area (Å²) >= 11 is 6.14. The maximum absolute atomic E-state index is 14.1. The van der Waals surface area contributed by atoms with E-state index in [-0.39, 0.29) is 17.7 Å². The zero-order valence-electron chi connectivity index (χ0n) is 26.6. The predicted molar refractivity (Wildman–Crippen MR) is 185 cm³/mol. The molecule has 47 heavy (non-hydrogen) atoms. The van der Waals surface area contributed by atoms with Gasteiger partial charge in [0.2, 0.25) is 0 Å². The fourth-order valence-electron chi connectivity index (χ4n) is 6.83. The maximum atomic E-state index is 14.1. The number of nitrogens with one attached hydrogen (secondary N) is 1. The third-order valence-corrected chi connectivity index (χ3v) is 9.79. The second-order valence-corrected chi connectivity index (χ2v) is 13.1. The Morgan fingerprint density at radius 2 is 1.53 bits per heavy atom. The SMILES string of the molecule is CN(C)C1CCN(C(=O)c2ccc(N3N=C(c4ccccc4)C(=C4CCN(C(=O)c5cc6cc(Cl)ccc6[nH]5)CC4)C3=O)cc2)CC1. The van der Waals surface area contributed by atoms with Crippen molar-refractivity contribution in [3.8, 4) is 0 Å². The third-order valence-electron chi connectivity index (χ3n) is 9.55. The van der Waals surface area contributed by atoms with Gasteiger partial charge < -0.3 is 19.7 Å². The number of benzene rings is 3. The lowest BCUT2D eigenvalue weighted by Gasteiger charge is -2.35. The Bertz CT molecular complexity index is 1900. The maximum Gasteiger partial charge on any atom is 0.280 e. The number of aromatic amines is 1. The topological polar surface area (TPSA) is 92.3 Å². The first-order valence-electron chi connectivity index (χ1n) is 16.1. The highest BCUT2D eigenvalue weighted by Crippen LogP contribution is 2.33. The molecular weight excluding hydrogens is 612 g/mol. The molecule has 10 heteroatoms. The normalized spacial score (nSPS) is 17.7. The summed E-state index contributed by atoms with van der Waals surface area (Å²) in [6.07, 6.45) is 3.04. The minimum atomic E-state index is -0.198. The van der Waals surface area contributed by atoms with Crippen LogP contribution in [0.2, 0.25) is 5.02 Å². The number of halogens is 1. The Labute approximate surface area is 279 Å². The van der Waals surface area contributed by atoms with Crippen molar-refractivity contribution >= 4 is 51.6 Å². The highest BCUT2D eigenvalue weighted by molar-refractivity contribution is 6.36. The van der Waals surface area contributed by atoms with Crippen molar-refractivity contribution in [1.29, 1.82) is 0 Å². The first-order chi connectivity index (χ1) is 22.8. The van der Waals surface area contributed by atoms with Crippen molar-refractivity contribution < 1.29 is 14.4 Å². The summed E-state index contributed by atoms with van der Waals surface area (Å²) in [7, 11) is 4.17. The number of likely N-dealkylation sites (tertiary alicyclic amines) is 2. The monoisotopic (exact) mass is 648 g/mol. The fourth-order valence-corrected chi connectivity index (χ4v) is 7.01. The number of hydrogen-bond donors (Lipinski definition) is 1. The number of fused-ring (bicyclic) bond motifs is 1. The predicted octanol–water partition coefficient (Wildman–Crippen LogP) is 5.97. The molecular formula is C37H37ClN6O3. The van der Waals surface area contributed by atoms with E-state index >= 15 is 0 Å². The summed E-state index contributed by atoms with van der Waals surface area (Å²) in [6.45, 7) is 2.45. The lowest BCUT2D eigenvalue weighted by molar-refractivity contribution is -0.114. The highest BCUT2D eigenvalue weighted by atomic mass is 35.5. The van der Waals surface area contributed by atoms with Crippen LogP contribution in [0.15, 0.2) is 95.1 Å². The van der Waals surface area contributed by atoms with Gasteiger partial charge in [0, 0.05) is 59.3 Å². The van der Waals surface area contributed by atoms with Crippen molar-refractivity contribution in [1.82, 2.24) is 19.7 Å². The molecule has 1 N–H and O–H groups in total. The number of amides is 3. The van der Waals surface area contributed by atoms with Crippen LogP contribution in [0.5, 0.6) is 0 Å². The first kappa shape index (κ1) is 30.9. The molecule has 3 aromatic carbocycles.